The summed E-state index contributed by atoms with van der Waals surface area (Å²) in [6.45, 7) is 6.33. The zero-order chi connectivity index (χ0) is 12.5. The number of hydrogen-bond donors (Lipinski definition) is 1. The van der Waals surface area contributed by atoms with Gasteiger partial charge in [-0.2, -0.15) is 0 Å². The van der Waals surface area contributed by atoms with Crippen LogP contribution in [-0.2, 0) is 6.54 Å². The van der Waals surface area contributed by atoms with E-state index in [-0.39, 0.29) is 0 Å². The van der Waals surface area contributed by atoms with Gasteiger partial charge in [-0.3, -0.25) is 0 Å². The fourth-order valence-corrected chi connectivity index (χ4v) is 3.58. The first-order valence-electron chi connectivity index (χ1n) is 7.34. The van der Waals surface area contributed by atoms with E-state index in [0.717, 1.165) is 30.6 Å². The summed E-state index contributed by atoms with van der Waals surface area (Å²) in [6.07, 6.45) is 7.74. The maximum absolute atomic E-state index is 4.34. The van der Waals surface area contributed by atoms with Gasteiger partial charge in [0.1, 0.15) is 0 Å². The lowest BCUT2D eigenvalue weighted by Gasteiger charge is -2.21. The van der Waals surface area contributed by atoms with Crippen molar-refractivity contribution in [2.45, 2.75) is 52.1 Å². The third-order valence-electron chi connectivity index (χ3n) is 4.46. The number of fused-ring (bicyclic) bond motifs is 2. The minimum Gasteiger partial charge on any atom is -0.311 e. The molecule has 0 spiro atoms. The van der Waals surface area contributed by atoms with Crippen molar-refractivity contribution in [2.24, 2.45) is 17.8 Å². The Labute approximate surface area is 109 Å². The second-order valence-electron chi connectivity index (χ2n) is 6.46. The van der Waals surface area contributed by atoms with Crippen LogP contribution in [0.25, 0.3) is 0 Å². The molecule has 3 atom stereocenters. The van der Waals surface area contributed by atoms with Crippen molar-refractivity contribution in [3.63, 3.8) is 0 Å². The molecule has 2 saturated carbocycles. The smallest absolute Gasteiger partial charge is 0.0964 e. The van der Waals surface area contributed by atoms with Gasteiger partial charge >= 0.3 is 0 Å². The lowest BCUT2D eigenvalue weighted by Crippen LogP contribution is -2.19. The van der Waals surface area contributed by atoms with E-state index in [1.165, 1.54) is 25.7 Å². The third-order valence-corrected chi connectivity index (χ3v) is 4.46. The van der Waals surface area contributed by atoms with Crippen LogP contribution in [0.5, 0.6) is 0 Å². The summed E-state index contributed by atoms with van der Waals surface area (Å²) in [6, 6.07) is 0.634. The van der Waals surface area contributed by atoms with E-state index in [0.29, 0.717) is 12.0 Å². The Kier molecular flexibility index (Phi) is 3.37. The van der Waals surface area contributed by atoms with Crippen LogP contribution in [-0.4, -0.2) is 21.5 Å². The average Bonchev–Trinajstić information content (AvgIpc) is 3.03. The van der Waals surface area contributed by atoms with Gasteiger partial charge < -0.3 is 5.32 Å². The minimum absolute atomic E-state index is 0.634. The predicted molar refractivity (Wildman–Crippen MR) is 71.1 cm³/mol. The molecular formula is C14H24N4. The number of nitrogens with zero attached hydrogens (tertiary/aromatic N) is 3. The highest BCUT2D eigenvalue weighted by atomic mass is 15.4. The van der Waals surface area contributed by atoms with E-state index < -0.39 is 0 Å². The first-order valence-corrected chi connectivity index (χ1v) is 7.34. The normalized spacial score (nSPS) is 30.5. The molecule has 1 N–H and O–H groups in total. The number of rotatable bonds is 5. The van der Waals surface area contributed by atoms with Gasteiger partial charge in [0, 0.05) is 6.54 Å². The predicted octanol–water partition coefficient (Wildman–Crippen LogP) is 2.38. The number of nitrogens with one attached hydrogen (secondary N) is 1. The van der Waals surface area contributed by atoms with Crippen LogP contribution < -0.4 is 5.32 Å². The van der Waals surface area contributed by atoms with Gasteiger partial charge in [-0.15, -0.1) is 5.10 Å². The molecule has 100 valence electrons. The molecule has 1 aromatic rings. The van der Waals surface area contributed by atoms with E-state index >= 15 is 0 Å². The van der Waals surface area contributed by atoms with Crippen LogP contribution in [0.4, 0.5) is 0 Å². The molecule has 2 aliphatic rings. The standard InChI is InChI=1S/C14H24N4/c1-10(2)7-15-8-13-9-18(17-16-13)14-6-11-3-4-12(14)5-11/h9-12,14-15H,3-8H2,1-2H3. The molecule has 1 heterocycles. The molecule has 4 nitrogen and oxygen atoms in total. The van der Waals surface area contributed by atoms with E-state index in [2.05, 4.69) is 40.4 Å². The molecule has 3 rings (SSSR count). The Morgan fingerprint density at radius 1 is 1.39 bits per heavy atom. The van der Waals surface area contributed by atoms with Crippen molar-refractivity contribution >= 4 is 0 Å². The van der Waals surface area contributed by atoms with Gasteiger partial charge in [0.25, 0.3) is 0 Å². The van der Waals surface area contributed by atoms with Crippen LogP contribution >= 0.6 is 0 Å². The molecule has 2 aliphatic carbocycles. The van der Waals surface area contributed by atoms with Crippen molar-refractivity contribution in [3.8, 4) is 0 Å². The molecule has 0 saturated heterocycles. The van der Waals surface area contributed by atoms with E-state index in [1.807, 2.05) is 0 Å². The number of hydrogen-bond acceptors (Lipinski definition) is 3. The molecule has 0 aromatic carbocycles. The Morgan fingerprint density at radius 2 is 2.28 bits per heavy atom. The SMILES string of the molecule is CC(C)CNCc1cn(C2CC3CCC2C3)nn1. The highest BCUT2D eigenvalue weighted by Crippen LogP contribution is 2.50. The summed E-state index contributed by atoms with van der Waals surface area (Å²) in [7, 11) is 0. The minimum atomic E-state index is 0.634. The first-order chi connectivity index (χ1) is 8.72. The van der Waals surface area contributed by atoms with Crippen LogP contribution in [0.3, 0.4) is 0 Å². The van der Waals surface area contributed by atoms with Crippen LogP contribution in [0.2, 0.25) is 0 Å². The fraction of sp³-hybridized carbons (Fsp3) is 0.857. The summed E-state index contributed by atoms with van der Waals surface area (Å²) in [5.74, 6) is 2.52. The van der Waals surface area contributed by atoms with Gasteiger partial charge in [0.15, 0.2) is 0 Å². The molecular weight excluding hydrogens is 224 g/mol. The zero-order valence-corrected chi connectivity index (χ0v) is 11.5. The first kappa shape index (κ1) is 12.2. The molecule has 2 bridgehead atoms. The van der Waals surface area contributed by atoms with E-state index in [9.17, 15) is 0 Å². The zero-order valence-electron chi connectivity index (χ0n) is 11.5. The lowest BCUT2D eigenvalue weighted by atomic mass is 9.96. The molecule has 0 amide bonds. The third kappa shape index (κ3) is 2.44. The fourth-order valence-electron chi connectivity index (χ4n) is 3.58. The quantitative estimate of drug-likeness (QED) is 0.870. The van der Waals surface area contributed by atoms with E-state index in [4.69, 9.17) is 0 Å². The van der Waals surface area contributed by atoms with Crippen molar-refractivity contribution < 1.29 is 0 Å². The average molecular weight is 248 g/mol. The molecule has 3 unspecified atom stereocenters. The molecule has 2 fully saturated rings. The maximum Gasteiger partial charge on any atom is 0.0964 e. The van der Waals surface area contributed by atoms with Crippen LogP contribution in [0, 0.1) is 17.8 Å². The van der Waals surface area contributed by atoms with Gasteiger partial charge in [-0.05, 0) is 43.6 Å². The van der Waals surface area contributed by atoms with Gasteiger partial charge in [0.2, 0.25) is 0 Å². The largest absolute Gasteiger partial charge is 0.311 e. The molecule has 4 heteroatoms. The Balaban J connectivity index is 1.56. The summed E-state index contributed by atoms with van der Waals surface area (Å²) in [5.41, 5.74) is 1.08. The Bertz CT molecular complexity index is 398. The van der Waals surface area contributed by atoms with Gasteiger partial charge in [-0.1, -0.05) is 25.5 Å². The Hall–Kier alpha value is -0.900. The molecule has 18 heavy (non-hydrogen) atoms. The van der Waals surface area contributed by atoms with E-state index in [1.54, 1.807) is 0 Å². The Morgan fingerprint density at radius 3 is 2.94 bits per heavy atom. The lowest BCUT2D eigenvalue weighted by molar-refractivity contribution is 0.302. The van der Waals surface area contributed by atoms with Gasteiger partial charge in [-0.25, -0.2) is 4.68 Å². The maximum atomic E-state index is 4.34. The van der Waals surface area contributed by atoms with Crippen molar-refractivity contribution in [2.75, 3.05) is 6.54 Å². The summed E-state index contributed by atoms with van der Waals surface area (Å²) >= 11 is 0. The van der Waals surface area contributed by atoms with Crippen molar-refractivity contribution in [1.82, 2.24) is 20.3 Å². The highest BCUT2D eigenvalue weighted by molar-refractivity contribution is 4.98. The summed E-state index contributed by atoms with van der Waals surface area (Å²) in [5, 5.41) is 12.1. The van der Waals surface area contributed by atoms with Crippen molar-refractivity contribution in [3.05, 3.63) is 11.9 Å². The van der Waals surface area contributed by atoms with Crippen molar-refractivity contribution in [1.29, 1.82) is 0 Å². The number of aromatic nitrogens is 3. The second kappa shape index (κ2) is 5.00. The summed E-state index contributed by atoms with van der Waals surface area (Å²) in [4.78, 5) is 0. The van der Waals surface area contributed by atoms with Crippen LogP contribution in [0.1, 0.15) is 51.3 Å². The molecule has 0 radical (unpaired) electrons. The second-order valence-corrected chi connectivity index (χ2v) is 6.46. The monoisotopic (exact) mass is 248 g/mol. The summed E-state index contributed by atoms with van der Waals surface area (Å²) < 4.78 is 2.14. The molecule has 0 aliphatic heterocycles. The van der Waals surface area contributed by atoms with Crippen LogP contribution in [0.15, 0.2) is 6.20 Å². The van der Waals surface area contributed by atoms with Gasteiger partial charge in [0.05, 0.1) is 17.9 Å². The molecule has 1 aromatic heterocycles. The topological polar surface area (TPSA) is 42.7 Å². The highest BCUT2D eigenvalue weighted by Gasteiger charge is 2.40.